The van der Waals surface area contributed by atoms with Crippen molar-refractivity contribution in [3.05, 3.63) is 71.5 Å². The third kappa shape index (κ3) is 3.67. The van der Waals surface area contributed by atoms with Crippen molar-refractivity contribution >= 4 is 0 Å². The van der Waals surface area contributed by atoms with Gasteiger partial charge in [-0.3, -0.25) is 0 Å². The molecule has 18 heavy (non-hydrogen) atoms. The Morgan fingerprint density at radius 2 is 1.83 bits per heavy atom. The van der Waals surface area contributed by atoms with Gasteiger partial charge in [0.15, 0.2) is 0 Å². The second-order valence-corrected chi connectivity index (χ2v) is 4.47. The number of benzene rings is 2. The summed E-state index contributed by atoms with van der Waals surface area (Å²) in [6, 6.07) is 17.3. The molecule has 0 heterocycles. The van der Waals surface area contributed by atoms with Gasteiger partial charge in [-0.05, 0) is 43.1 Å². The van der Waals surface area contributed by atoms with Crippen molar-refractivity contribution in [3.8, 4) is 0 Å². The first-order valence-corrected chi connectivity index (χ1v) is 6.28. The Kier molecular flexibility index (Phi) is 4.48. The van der Waals surface area contributed by atoms with E-state index in [1.54, 1.807) is 12.1 Å². The van der Waals surface area contributed by atoms with Crippen molar-refractivity contribution in [2.75, 3.05) is 6.54 Å². The van der Waals surface area contributed by atoms with E-state index in [9.17, 15) is 4.39 Å². The Labute approximate surface area is 108 Å². The summed E-state index contributed by atoms with van der Waals surface area (Å²) in [6.45, 7) is 2.95. The summed E-state index contributed by atoms with van der Waals surface area (Å²) >= 11 is 0. The topological polar surface area (TPSA) is 12.0 Å². The quantitative estimate of drug-likeness (QED) is 0.844. The Balaban J connectivity index is 1.83. The molecule has 2 aromatic rings. The second-order valence-electron chi connectivity index (χ2n) is 4.47. The molecule has 0 aromatic heterocycles. The molecule has 0 aliphatic heterocycles. The Bertz CT molecular complexity index is 481. The maximum atomic E-state index is 13.1. The molecular weight excluding hydrogens is 225 g/mol. The Morgan fingerprint density at radius 3 is 2.56 bits per heavy atom. The number of hydrogen-bond donors (Lipinski definition) is 1. The summed E-state index contributed by atoms with van der Waals surface area (Å²) in [5, 5.41) is 3.41. The maximum absolute atomic E-state index is 13.1. The lowest BCUT2D eigenvalue weighted by Crippen LogP contribution is -2.21. The van der Waals surface area contributed by atoms with Crippen LogP contribution in [0.3, 0.4) is 0 Å². The standard InChI is InChI=1S/C16H18FN/c1-13(15-8-5-9-16(17)12-15)18-11-10-14-6-3-2-4-7-14/h2-9,12-13,18H,10-11H2,1H3/t13-/m0/s1. The zero-order valence-corrected chi connectivity index (χ0v) is 10.6. The second kappa shape index (κ2) is 6.31. The number of halogens is 1. The molecule has 0 saturated heterocycles. The number of hydrogen-bond acceptors (Lipinski definition) is 1. The Hall–Kier alpha value is -1.67. The molecule has 94 valence electrons. The Morgan fingerprint density at radius 1 is 1.06 bits per heavy atom. The van der Waals surface area contributed by atoms with E-state index >= 15 is 0 Å². The molecule has 0 unspecified atom stereocenters. The monoisotopic (exact) mass is 243 g/mol. The van der Waals surface area contributed by atoms with E-state index < -0.39 is 0 Å². The summed E-state index contributed by atoms with van der Waals surface area (Å²) < 4.78 is 13.1. The first kappa shape index (κ1) is 12.8. The van der Waals surface area contributed by atoms with Gasteiger partial charge in [0.25, 0.3) is 0 Å². The van der Waals surface area contributed by atoms with Crippen LogP contribution in [0.1, 0.15) is 24.1 Å². The highest BCUT2D eigenvalue weighted by Gasteiger charge is 2.04. The average molecular weight is 243 g/mol. The number of rotatable bonds is 5. The molecular formula is C16H18FN. The van der Waals surface area contributed by atoms with E-state index in [4.69, 9.17) is 0 Å². The van der Waals surface area contributed by atoms with Gasteiger partial charge in [0.1, 0.15) is 5.82 Å². The third-order valence-corrected chi connectivity index (χ3v) is 3.06. The van der Waals surface area contributed by atoms with Crippen molar-refractivity contribution in [2.24, 2.45) is 0 Å². The fourth-order valence-electron chi connectivity index (χ4n) is 1.97. The minimum absolute atomic E-state index is 0.171. The van der Waals surface area contributed by atoms with Crippen LogP contribution < -0.4 is 5.32 Å². The first-order chi connectivity index (χ1) is 8.75. The molecule has 2 rings (SSSR count). The van der Waals surface area contributed by atoms with Crippen LogP contribution in [0.25, 0.3) is 0 Å². The number of nitrogens with one attached hydrogen (secondary N) is 1. The normalized spacial score (nSPS) is 12.3. The van der Waals surface area contributed by atoms with Crippen molar-refractivity contribution in [1.29, 1.82) is 0 Å². The van der Waals surface area contributed by atoms with E-state index in [-0.39, 0.29) is 11.9 Å². The highest BCUT2D eigenvalue weighted by Crippen LogP contribution is 2.13. The molecule has 0 aliphatic rings. The zero-order chi connectivity index (χ0) is 12.8. The molecule has 2 aromatic carbocycles. The molecule has 0 spiro atoms. The van der Waals surface area contributed by atoms with Crippen LogP contribution in [-0.2, 0) is 6.42 Å². The molecule has 0 saturated carbocycles. The highest BCUT2D eigenvalue weighted by atomic mass is 19.1. The lowest BCUT2D eigenvalue weighted by atomic mass is 10.1. The van der Waals surface area contributed by atoms with E-state index in [0.29, 0.717) is 0 Å². The SMILES string of the molecule is C[C@H](NCCc1ccccc1)c1cccc(F)c1. The van der Waals surface area contributed by atoms with Gasteiger partial charge in [-0.15, -0.1) is 0 Å². The minimum atomic E-state index is -0.177. The summed E-state index contributed by atoms with van der Waals surface area (Å²) in [4.78, 5) is 0. The van der Waals surface area contributed by atoms with Crippen LogP contribution in [0.2, 0.25) is 0 Å². The molecule has 0 aliphatic carbocycles. The van der Waals surface area contributed by atoms with Gasteiger partial charge in [-0.1, -0.05) is 42.5 Å². The van der Waals surface area contributed by atoms with Gasteiger partial charge in [0.05, 0.1) is 0 Å². The van der Waals surface area contributed by atoms with Crippen molar-refractivity contribution in [1.82, 2.24) is 5.32 Å². The first-order valence-electron chi connectivity index (χ1n) is 6.28. The molecule has 1 N–H and O–H groups in total. The molecule has 1 nitrogen and oxygen atoms in total. The summed E-state index contributed by atoms with van der Waals surface area (Å²) in [5.41, 5.74) is 2.31. The molecule has 2 heteroatoms. The molecule has 0 radical (unpaired) electrons. The minimum Gasteiger partial charge on any atom is -0.310 e. The maximum Gasteiger partial charge on any atom is 0.123 e. The summed E-state index contributed by atoms with van der Waals surface area (Å²) in [6.07, 6.45) is 0.987. The van der Waals surface area contributed by atoms with Crippen LogP contribution in [0.4, 0.5) is 4.39 Å². The lowest BCUT2D eigenvalue weighted by Gasteiger charge is -2.14. The van der Waals surface area contributed by atoms with Gasteiger partial charge >= 0.3 is 0 Å². The van der Waals surface area contributed by atoms with Crippen molar-refractivity contribution in [3.63, 3.8) is 0 Å². The highest BCUT2D eigenvalue weighted by molar-refractivity contribution is 5.20. The molecule has 1 atom stereocenters. The predicted octanol–water partition coefficient (Wildman–Crippen LogP) is 3.72. The van der Waals surface area contributed by atoms with Crippen LogP contribution in [0.5, 0.6) is 0 Å². The van der Waals surface area contributed by atoms with E-state index in [1.165, 1.54) is 11.6 Å². The molecule has 0 amide bonds. The van der Waals surface area contributed by atoms with Crippen LogP contribution in [-0.4, -0.2) is 6.54 Å². The largest absolute Gasteiger partial charge is 0.310 e. The van der Waals surface area contributed by atoms with Crippen LogP contribution >= 0.6 is 0 Å². The van der Waals surface area contributed by atoms with Crippen molar-refractivity contribution in [2.45, 2.75) is 19.4 Å². The third-order valence-electron chi connectivity index (χ3n) is 3.06. The van der Waals surface area contributed by atoms with Gasteiger partial charge < -0.3 is 5.32 Å². The summed E-state index contributed by atoms with van der Waals surface area (Å²) in [7, 11) is 0. The fourth-order valence-corrected chi connectivity index (χ4v) is 1.97. The van der Waals surface area contributed by atoms with Gasteiger partial charge in [0, 0.05) is 6.04 Å². The molecule has 0 fully saturated rings. The van der Waals surface area contributed by atoms with Crippen molar-refractivity contribution < 1.29 is 4.39 Å². The van der Waals surface area contributed by atoms with Crippen LogP contribution in [0.15, 0.2) is 54.6 Å². The van der Waals surface area contributed by atoms with Gasteiger partial charge in [-0.2, -0.15) is 0 Å². The van der Waals surface area contributed by atoms with E-state index in [1.807, 2.05) is 24.3 Å². The fraction of sp³-hybridized carbons (Fsp3) is 0.250. The van der Waals surface area contributed by atoms with Gasteiger partial charge in [-0.25, -0.2) is 4.39 Å². The van der Waals surface area contributed by atoms with E-state index in [0.717, 1.165) is 18.5 Å². The van der Waals surface area contributed by atoms with Gasteiger partial charge in [0.2, 0.25) is 0 Å². The average Bonchev–Trinajstić information content (AvgIpc) is 2.40. The predicted molar refractivity (Wildman–Crippen MR) is 73.0 cm³/mol. The smallest absolute Gasteiger partial charge is 0.123 e. The molecule has 0 bridgehead atoms. The summed E-state index contributed by atoms with van der Waals surface area (Å²) in [5.74, 6) is -0.177. The van der Waals surface area contributed by atoms with Crippen LogP contribution in [0, 0.1) is 5.82 Å². The van der Waals surface area contributed by atoms with E-state index in [2.05, 4.69) is 24.4 Å². The lowest BCUT2D eigenvalue weighted by molar-refractivity contribution is 0.567. The zero-order valence-electron chi connectivity index (χ0n) is 10.6.